The first-order valence-electron chi connectivity index (χ1n) is 13.2. The monoisotopic (exact) mass is 516 g/mol. The van der Waals surface area contributed by atoms with Crippen LogP contribution in [0.2, 0.25) is 0 Å². The maximum absolute atomic E-state index is 5.22. The van der Waals surface area contributed by atoms with Crippen molar-refractivity contribution in [3.63, 3.8) is 0 Å². The van der Waals surface area contributed by atoms with Crippen molar-refractivity contribution in [1.82, 2.24) is 9.97 Å². The van der Waals surface area contributed by atoms with Crippen LogP contribution in [0.3, 0.4) is 0 Å². The van der Waals surface area contributed by atoms with Gasteiger partial charge in [0.1, 0.15) is 0 Å². The van der Waals surface area contributed by atoms with Crippen molar-refractivity contribution in [1.29, 1.82) is 0 Å². The molecule has 0 bridgehead atoms. The molecule has 3 heteroatoms. The van der Waals surface area contributed by atoms with E-state index < -0.39 is 0 Å². The molecule has 0 radical (unpaired) electrons. The lowest BCUT2D eigenvalue weighted by molar-refractivity contribution is 1.31. The zero-order valence-electron chi connectivity index (χ0n) is 21.7. The SMILES string of the molecule is Cc1ccc2c3ccc(C)cc3c3nc(-c4ccc(-c5cccc6c5sc5ccccc56)cc4)cnc3c2c1. The Morgan fingerprint density at radius 3 is 1.97 bits per heavy atom. The third-order valence-electron chi connectivity index (χ3n) is 7.82. The molecule has 184 valence electrons. The Morgan fingerprint density at radius 2 is 1.21 bits per heavy atom. The van der Waals surface area contributed by atoms with Crippen LogP contribution >= 0.6 is 11.3 Å². The molecular weight excluding hydrogens is 492 g/mol. The highest BCUT2D eigenvalue weighted by Crippen LogP contribution is 2.40. The highest BCUT2D eigenvalue weighted by atomic mass is 32.1. The maximum atomic E-state index is 5.22. The zero-order valence-corrected chi connectivity index (χ0v) is 22.5. The van der Waals surface area contributed by atoms with Gasteiger partial charge in [-0.25, -0.2) is 4.98 Å². The van der Waals surface area contributed by atoms with E-state index in [4.69, 9.17) is 9.97 Å². The number of nitrogens with zero attached hydrogens (tertiary/aromatic N) is 2. The summed E-state index contributed by atoms with van der Waals surface area (Å²) in [6, 6.07) is 37.3. The summed E-state index contributed by atoms with van der Waals surface area (Å²) < 4.78 is 2.66. The van der Waals surface area contributed by atoms with Gasteiger partial charge < -0.3 is 0 Å². The highest BCUT2D eigenvalue weighted by molar-refractivity contribution is 7.26. The molecule has 0 aliphatic rings. The van der Waals surface area contributed by atoms with E-state index >= 15 is 0 Å². The Bertz CT molecular complexity index is 2240. The number of rotatable bonds is 2. The van der Waals surface area contributed by atoms with Gasteiger partial charge in [-0.3, -0.25) is 4.98 Å². The fourth-order valence-electron chi connectivity index (χ4n) is 5.89. The summed E-state index contributed by atoms with van der Waals surface area (Å²) in [4.78, 5) is 10.2. The molecule has 0 amide bonds. The van der Waals surface area contributed by atoms with E-state index in [9.17, 15) is 0 Å². The van der Waals surface area contributed by atoms with E-state index in [0.717, 1.165) is 33.1 Å². The summed E-state index contributed by atoms with van der Waals surface area (Å²) in [5.74, 6) is 0. The molecule has 2 heterocycles. The van der Waals surface area contributed by atoms with Crippen LogP contribution in [0.25, 0.3) is 75.1 Å². The lowest BCUT2D eigenvalue weighted by Crippen LogP contribution is -1.93. The van der Waals surface area contributed by atoms with Crippen LogP contribution in [0, 0.1) is 13.8 Å². The van der Waals surface area contributed by atoms with Gasteiger partial charge >= 0.3 is 0 Å². The van der Waals surface area contributed by atoms with Gasteiger partial charge in [0.15, 0.2) is 0 Å². The first kappa shape index (κ1) is 22.4. The fourth-order valence-corrected chi connectivity index (χ4v) is 7.12. The molecule has 0 unspecified atom stereocenters. The summed E-state index contributed by atoms with van der Waals surface area (Å²) in [5.41, 5.74) is 8.82. The predicted molar refractivity (Wildman–Crippen MR) is 168 cm³/mol. The summed E-state index contributed by atoms with van der Waals surface area (Å²) in [7, 11) is 0. The summed E-state index contributed by atoms with van der Waals surface area (Å²) in [5, 5.41) is 7.41. The first-order valence-corrected chi connectivity index (χ1v) is 14.1. The van der Waals surface area contributed by atoms with Gasteiger partial charge in [-0.05, 0) is 53.9 Å². The lowest BCUT2D eigenvalue weighted by Gasteiger charge is -2.12. The predicted octanol–water partition coefficient (Wildman–Crippen LogP) is 10.3. The molecule has 8 rings (SSSR count). The quantitative estimate of drug-likeness (QED) is 0.214. The molecule has 0 spiro atoms. The number of aryl methyl sites for hydroxylation is 2. The van der Waals surface area contributed by atoms with Crippen LogP contribution in [0.5, 0.6) is 0 Å². The Morgan fingerprint density at radius 1 is 0.538 bits per heavy atom. The molecule has 2 aromatic heterocycles. The van der Waals surface area contributed by atoms with Crippen molar-refractivity contribution in [2.75, 3.05) is 0 Å². The molecule has 0 aliphatic heterocycles. The van der Waals surface area contributed by atoms with Crippen molar-refractivity contribution in [3.8, 4) is 22.4 Å². The fraction of sp³-hybridized carbons (Fsp3) is 0.0556. The summed E-state index contributed by atoms with van der Waals surface area (Å²) in [6.45, 7) is 4.27. The van der Waals surface area contributed by atoms with E-state index in [0.29, 0.717) is 0 Å². The van der Waals surface area contributed by atoms with Crippen LogP contribution in [-0.4, -0.2) is 9.97 Å². The van der Waals surface area contributed by atoms with Crippen LogP contribution in [0.1, 0.15) is 11.1 Å². The molecule has 2 nitrogen and oxygen atoms in total. The van der Waals surface area contributed by atoms with Gasteiger partial charge in [-0.2, -0.15) is 0 Å². The second-order valence-corrected chi connectivity index (χ2v) is 11.5. The van der Waals surface area contributed by atoms with Crippen LogP contribution < -0.4 is 0 Å². The molecule has 0 saturated carbocycles. The van der Waals surface area contributed by atoms with Crippen LogP contribution in [-0.2, 0) is 0 Å². The smallest absolute Gasteiger partial charge is 0.0979 e. The zero-order chi connectivity index (χ0) is 26.1. The Kier molecular flexibility index (Phi) is 4.85. The number of hydrogen-bond acceptors (Lipinski definition) is 3. The average molecular weight is 517 g/mol. The number of benzene rings is 6. The van der Waals surface area contributed by atoms with Gasteiger partial charge in [0.25, 0.3) is 0 Å². The Labute approximate surface area is 230 Å². The lowest BCUT2D eigenvalue weighted by atomic mass is 9.96. The van der Waals surface area contributed by atoms with Crippen molar-refractivity contribution in [2.24, 2.45) is 0 Å². The van der Waals surface area contributed by atoms with E-state index in [1.165, 1.54) is 53.2 Å². The van der Waals surface area contributed by atoms with Crippen molar-refractivity contribution in [2.45, 2.75) is 13.8 Å². The minimum atomic E-state index is 0.893. The molecule has 6 aromatic carbocycles. The average Bonchev–Trinajstić information content (AvgIpc) is 3.36. The third kappa shape index (κ3) is 3.47. The second kappa shape index (κ2) is 8.45. The molecule has 0 N–H and O–H groups in total. The van der Waals surface area contributed by atoms with E-state index in [2.05, 4.69) is 117 Å². The number of fused-ring (bicyclic) bond motifs is 9. The second-order valence-electron chi connectivity index (χ2n) is 10.4. The van der Waals surface area contributed by atoms with Crippen LogP contribution in [0.4, 0.5) is 0 Å². The molecule has 39 heavy (non-hydrogen) atoms. The standard InChI is InChI=1S/C36H24N2S/c1-21-10-16-26-27-17-11-22(2)19-31(27)35-34(30(26)18-21)37-20-32(38-35)24-14-12-23(13-15-24)25-7-5-8-29-28-6-3-4-9-33(28)39-36(25)29/h3-20H,1-2H3. The molecule has 0 saturated heterocycles. The molecule has 0 atom stereocenters. The first-order chi connectivity index (χ1) is 19.1. The molecule has 0 fully saturated rings. The minimum absolute atomic E-state index is 0.893. The summed E-state index contributed by atoms with van der Waals surface area (Å²) >= 11 is 1.87. The third-order valence-corrected chi connectivity index (χ3v) is 9.04. The van der Waals surface area contributed by atoms with E-state index in [1.807, 2.05) is 17.5 Å². The van der Waals surface area contributed by atoms with Gasteiger partial charge in [0.2, 0.25) is 0 Å². The van der Waals surface area contributed by atoms with Gasteiger partial charge in [0, 0.05) is 36.5 Å². The topological polar surface area (TPSA) is 25.8 Å². The van der Waals surface area contributed by atoms with E-state index in [-0.39, 0.29) is 0 Å². The number of thiophene rings is 1. The molecular formula is C36H24N2S. The molecule has 0 aliphatic carbocycles. The highest BCUT2D eigenvalue weighted by Gasteiger charge is 2.14. The van der Waals surface area contributed by atoms with Crippen molar-refractivity contribution < 1.29 is 0 Å². The van der Waals surface area contributed by atoms with Crippen LogP contribution in [0.15, 0.2) is 109 Å². The Hall–Kier alpha value is -4.60. The van der Waals surface area contributed by atoms with Gasteiger partial charge in [-0.15, -0.1) is 11.3 Å². The maximum Gasteiger partial charge on any atom is 0.0979 e. The summed E-state index contributed by atoms with van der Waals surface area (Å²) in [6.07, 6.45) is 1.92. The normalized spacial score (nSPS) is 11.8. The minimum Gasteiger partial charge on any atom is -0.252 e. The van der Waals surface area contributed by atoms with Crippen molar-refractivity contribution >= 4 is 64.1 Å². The number of hydrogen-bond donors (Lipinski definition) is 0. The van der Waals surface area contributed by atoms with Gasteiger partial charge in [-0.1, -0.05) is 96.1 Å². The van der Waals surface area contributed by atoms with Crippen molar-refractivity contribution in [3.05, 3.63) is 120 Å². The largest absolute Gasteiger partial charge is 0.252 e. The number of aromatic nitrogens is 2. The Balaban J connectivity index is 1.29. The van der Waals surface area contributed by atoms with Gasteiger partial charge in [0.05, 0.1) is 22.9 Å². The molecule has 8 aromatic rings. The van der Waals surface area contributed by atoms with E-state index in [1.54, 1.807) is 0 Å².